The van der Waals surface area contributed by atoms with Crippen LogP contribution in [0.5, 0.6) is 0 Å². The average molecular weight is 420 g/mol. The van der Waals surface area contributed by atoms with E-state index in [1.165, 1.54) is 11.3 Å². The molecule has 1 N–H and O–H groups in total. The van der Waals surface area contributed by atoms with Crippen LogP contribution in [0.25, 0.3) is 16.2 Å². The van der Waals surface area contributed by atoms with Crippen LogP contribution >= 0.6 is 11.3 Å². The number of carbonyl (C=O) groups is 2. The summed E-state index contributed by atoms with van der Waals surface area (Å²) in [6.45, 7) is 3.59. The second kappa shape index (κ2) is 8.51. The molecule has 0 aliphatic carbocycles. The first-order valence-electron chi connectivity index (χ1n) is 9.61. The third kappa shape index (κ3) is 4.41. The molecule has 0 fully saturated rings. The number of fused-ring (bicyclic) bond motifs is 1. The average Bonchev–Trinajstić information content (AvgIpc) is 3.30. The molecule has 2 aromatic heterocycles. The second-order valence-electron chi connectivity index (χ2n) is 7.13. The van der Waals surface area contributed by atoms with E-state index < -0.39 is 5.97 Å². The fraction of sp³-hybridized carbons (Fsp3) is 0.174. The molecule has 2 heterocycles. The molecule has 6 nitrogen and oxygen atoms in total. The van der Waals surface area contributed by atoms with E-state index in [2.05, 4.69) is 10.3 Å². The van der Waals surface area contributed by atoms with Gasteiger partial charge in [0, 0.05) is 28.5 Å². The molecular weight excluding hydrogens is 398 g/mol. The van der Waals surface area contributed by atoms with Crippen molar-refractivity contribution in [3.8, 4) is 11.3 Å². The largest absolute Gasteiger partial charge is 0.459 e. The number of carbonyl (C=O) groups excluding carboxylic acids is 2. The summed E-state index contributed by atoms with van der Waals surface area (Å²) in [7, 11) is 0. The van der Waals surface area contributed by atoms with Crippen molar-refractivity contribution in [3.05, 3.63) is 77.4 Å². The number of amides is 1. The highest BCUT2D eigenvalue weighted by molar-refractivity contribution is 7.15. The maximum absolute atomic E-state index is 12.6. The minimum atomic E-state index is -0.410. The molecular formula is C23H21N3O3S. The zero-order chi connectivity index (χ0) is 21.1. The predicted octanol–water partition coefficient (Wildman–Crippen LogP) is 4.81. The van der Waals surface area contributed by atoms with Crippen LogP contribution in [0.3, 0.4) is 0 Å². The lowest BCUT2D eigenvalue weighted by Gasteiger charge is -2.09. The summed E-state index contributed by atoms with van der Waals surface area (Å²) >= 11 is 1.50. The summed E-state index contributed by atoms with van der Waals surface area (Å²) in [6.07, 6.45) is 1.95. The topological polar surface area (TPSA) is 72.7 Å². The van der Waals surface area contributed by atoms with E-state index in [4.69, 9.17) is 4.74 Å². The predicted molar refractivity (Wildman–Crippen MR) is 118 cm³/mol. The SMILES string of the molecule is CC(C)OC(=O)c1cccc(NC(=O)Cc2csc3nc(-c4ccccc4)cn23)c1. The number of imidazole rings is 1. The fourth-order valence-corrected chi connectivity index (χ4v) is 3.95. The summed E-state index contributed by atoms with van der Waals surface area (Å²) in [6, 6.07) is 16.7. The van der Waals surface area contributed by atoms with Gasteiger partial charge in [-0.25, -0.2) is 9.78 Å². The highest BCUT2D eigenvalue weighted by Crippen LogP contribution is 2.24. The number of thiazole rings is 1. The molecule has 0 aliphatic heterocycles. The van der Waals surface area contributed by atoms with Crippen molar-refractivity contribution >= 4 is 33.9 Å². The summed E-state index contributed by atoms with van der Waals surface area (Å²) in [4.78, 5) is 30.2. The number of hydrogen-bond donors (Lipinski definition) is 1. The molecule has 0 atom stereocenters. The van der Waals surface area contributed by atoms with Gasteiger partial charge in [0.25, 0.3) is 0 Å². The zero-order valence-corrected chi connectivity index (χ0v) is 17.5. The van der Waals surface area contributed by atoms with Crippen LogP contribution in [-0.2, 0) is 16.0 Å². The van der Waals surface area contributed by atoms with Gasteiger partial charge in [0.15, 0.2) is 4.96 Å². The number of rotatable bonds is 6. The van der Waals surface area contributed by atoms with Gasteiger partial charge in [-0.15, -0.1) is 11.3 Å². The Morgan fingerprint density at radius 2 is 1.93 bits per heavy atom. The molecule has 7 heteroatoms. The summed E-state index contributed by atoms with van der Waals surface area (Å²) in [5.74, 6) is -0.577. The molecule has 4 aromatic rings. The van der Waals surface area contributed by atoms with Gasteiger partial charge in [0.1, 0.15) is 0 Å². The van der Waals surface area contributed by atoms with Gasteiger partial charge in [-0.05, 0) is 32.0 Å². The minimum absolute atomic E-state index is 0.168. The van der Waals surface area contributed by atoms with Crippen molar-refractivity contribution in [2.24, 2.45) is 0 Å². The minimum Gasteiger partial charge on any atom is -0.459 e. The van der Waals surface area contributed by atoms with Gasteiger partial charge >= 0.3 is 5.97 Å². The van der Waals surface area contributed by atoms with Gasteiger partial charge in [0.05, 0.1) is 23.8 Å². The molecule has 0 radical (unpaired) electrons. The molecule has 0 saturated carbocycles. The lowest BCUT2D eigenvalue weighted by Crippen LogP contribution is -2.16. The normalized spacial score (nSPS) is 11.0. The van der Waals surface area contributed by atoms with Gasteiger partial charge in [-0.2, -0.15) is 0 Å². The highest BCUT2D eigenvalue weighted by atomic mass is 32.1. The molecule has 2 aromatic carbocycles. The number of aromatic nitrogens is 2. The van der Waals surface area contributed by atoms with E-state index in [0.717, 1.165) is 21.9 Å². The Bertz CT molecular complexity index is 1190. The van der Waals surface area contributed by atoms with Crippen molar-refractivity contribution in [3.63, 3.8) is 0 Å². The van der Waals surface area contributed by atoms with Crippen LogP contribution in [0.15, 0.2) is 66.2 Å². The van der Waals surface area contributed by atoms with Gasteiger partial charge in [-0.3, -0.25) is 9.20 Å². The number of esters is 1. The Labute approximate surface area is 178 Å². The van der Waals surface area contributed by atoms with Gasteiger partial charge < -0.3 is 10.1 Å². The van der Waals surface area contributed by atoms with Crippen molar-refractivity contribution in [1.29, 1.82) is 0 Å². The van der Waals surface area contributed by atoms with Crippen LogP contribution in [0.1, 0.15) is 29.9 Å². The van der Waals surface area contributed by atoms with Gasteiger partial charge in [0.2, 0.25) is 5.91 Å². The molecule has 0 saturated heterocycles. The lowest BCUT2D eigenvalue weighted by atomic mass is 10.2. The Balaban J connectivity index is 1.47. The standard InChI is InChI=1S/C23H21N3O3S/c1-15(2)29-22(28)17-9-6-10-18(11-17)24-21(27)12-19-14-30-23-25-20(13-26(19)23)16-7-4-3-5-8-16/h3-11,13-15H,12H2,1-2H3,(H,24,27). The molecule has 0 spiro atoms. The number of anilines is 1. The first-order valence-corrected chi connectivity index (χ1v) is 10.5. The van der Waals surface area contributed by atoms with Gasteiger partial charge in [-0.1, -0.05) is 36.4 Å². The van der Waals surface area contributed by atoms with Crippen molar-refractivity contribution in [2.45, 2.75) is 26.4 Å². The van der Waals surface area contributed by atoms with Crippen molar-refractivity contribution in [2.75, 3.05) is 5.32 Å². The van der Waals surface area contributed by atoms with Crippen LogP contribution in [0.4, 0.5) is 5.69 Å². The number of nitrogens with one attached hydrogen (secondary N) is 1. The van der Waals surface area contributed by atoms with Crippen LogP contribution < -0.4 is 5.32 Å². The van der Waals surface area contributed by atoms with Crippen LogP contribution in [-0.4, -0.2) is 27.4 Å². The number of nitrogens with zero attached hydrogens (tertiary/aromatic N) is 2. The van der Waals surface area contributed by atoms with Crippen LogP contribution in [0, 0.1) is 0 Å². The number of ether oxygens (including phenoxy) is 1. The molecule has 1 amide bonds. The van der Waals surface area contributed by atoms with E-state index in [1.54, 1.807) is 38.1 Å². The quantitative estimate of drug-likeness (QED) is 0.455. The molecule has 152 valence electrons. The summed E-state index contributed by atoms with van der Waals surface area (Å²) in [5, 5.41) is 4.79. The molecule has 4 rings (SSSR count). The Kier molecular flexibility index (Phi) is 5.63. The Morgan fingerprint density at radius 1 is 1.13 bits per heavy atom. The molecule has 0 bridgehead atoms. The smallest absolute Gasteiger partial charge is 0.338 e. The number of benzene rings is 2. The Morgan fingerprint density at radius 3 is 2.70 bits per heavy atom. The summed E-state index contributed by atoms with van der Waals surface area (Å²) in [5.41, 5.74) is 3.73. The maximum atomic E-state index is 12.6. The van der Waals surface area contributed by atoms with E-state index >= 15 is 0 Å². The highest BCUT2D eigenvalue weighted by Gasteiger charge is 2.14. The maximum Gasteiger partial charge on any atom is 0.338 e. The van der Waals surface area contributed by atoms with E-state index in [0.29, 0.717) is 11.3 Å². The Hall–Kier alpha value is -3.45. The molecule has 30 heavy (non-hydrogen) atoms. The first-order chi connectivity index (χ1) is 14.5. The zero-order valence-electron chi connectivity index (χ0n) is 16.7. The van der Waals surface area contributed by atoms with E-state index in [-0.39, 0.29) is 18.4 Å². The van der Waals surface area contributed by atoms with Crippen LogP contribution in [0.2, 0.25) is 0 Å². The lowest BCUT2D eigenvalue weighted by molar-refractivity contribution is -0.115. The molecule has 0 unspecified atom stereocenters. The molecule has 0 aliphatic rings. The van der Waals surface area contributed by atoms with Crippen molar-refractivity contribution < 1.29 is 14.3 Å². The van der Waals surface area contributed by atoms with E-state index in [1.807, 2.05) is 46.3 Å². The van der Waals surface area contributed by atoms with Crippen molar-refractivity contribution in [1.82, 2.24) is 9.38 Å². The fourth-order valence-electron chi connectivity index (χ4n) is 3.08. The first kappa shape index (κ1) is 19.8. The van der Waals surface area contributed by atoms with E-state index in [9.17, 15) is 9.59 Å². The number of hydrogen-bond acceptors (Lipinski definition) is 5. The third-order valence-corrected chi connectivity index (χ3v) is 5.31. The second-order valence-corrected chi connectivity index (χ2v) is 7.97. The third-order valence-electron chi connectivity index (χ3n) is 4.42. The monoisotopic (exact) mass is 419 g/mol. The summed E-state index contributed by atoms with van der Waals surface area (Å²) < 4.78 is 7.16.